The summed E-state index contributed by atoms with van der Waals surface area (Å²) in [6.07, 6.45) is 3.49. The van der Waals surface area contributed by atoms with E-state index >= 15 is 0 Å². The molecule has 0 unspecified atom stereocenters. The number of hydrogen-bond donors (Lipinski definition) is 1. The molecule has 2 nitrogen and oxygen atoms in total. The molecule has 98 valence electrons. The second-order valence-electron chi connectivity index (χ2n) is 5.37. The van der Waals surface area contributed by atoms with E-state index in [4.69, 9.17) is 0 Å². The molecule has 0 fully saturated rings. The normalized spacial score (nSPS) is 11.6. The largest absolute Gasteiger partial charge is 0.358 e. The topological polar surface area (TPSA) is 19.0 Å². The standard InChI is InChI=1S/C16H24N2/c1-5-13-8-9-16-15(11-13)14(12(2)17-16)7-6-10-18(3)4/h8-9,11,17H,5-7,10H2,1-4H3. The molecule has 1 heterocycles. The first-order valence-corrected chi connectivity index (χ1v) is 6.86. The highest BCUT2D eigenvalue weighted by Crippen LogP contribution is 2.24. The summed E-state index contributed by atoms with van der Waals surface area (Å²) >= 11 is 0. The fourth-order valence-corrected chi connectivity index (χ4v) is 2.54. The molecule has 0 bridgehead atoms. The van der Waals surface area contributed by atoms with Crippen LogP contribution in [0.4, 0.5) is 0 Å². The molecule has 1 aromatic heterocycles. The van der Waals surface area contributed by atoms with Gasteiger partial charge in [0.05, 0.1) is 0 Å². The summed E-state index contributed by atoms with van der Waals surface area (Å²) in [5, 5.41) is 1.42. The molecule has 0 aliphatic heterocycles. The Morgan fingerprint density at radius 1 is 1.22 bits per heavy atom. The third-order valence-electron chi connectivity index (χ3n) is 3.62. The van der Waals surface area contributed by atoms with Crippen molar-refractivity contribution in [1.82, 2.24) is 9.88 Å². The second-order valence-corrected chi connectivity index (χ2v) is 5.37. The van der Waals surface area contributed by atoms with Gasteiger partial charge in [-0.25, -0.2) is 0 Å². The van der Waals surface area contributed by atoms with Gasteiger partial charge in [-0.1, -0.05) is 13.0 Å². The molecule has 0 radical (unpaired) electrons. The van der Waals surface area contributed by atoms with Crippen LogP contribution < -0.4 is 0 Å². The first-order valence-electron chi connectivity index (χ1n) is 6.86. The number of H-pyrrole nitrogens is 1. The van der Waals surface area contributed by atoms with Gasteiger partial charge < -0.3 is 9.88 Å². The highest BCUT2D eigenvalue weighted by atomic mass is 15.0. The van der Waals surface area contributed by atoms with Crippen molar-refractivity contribution in [3.8, 4) is 0 Å². The number of hydrogen-bond acceptors (Lipinski definition) is 1. The Labute approximate surface area is 110 Å². The quantitative estimate of drug-likeness (QED) is 0.852. The number of fused-ring (bicyclic) bond motifs is 1. The zero-order chi connectivity index (χ0) is 13.1. The average molecular weight is 244 g/mol. The molecule has 2 heteroatoms. The van der Waals surface area contributed by atoms with Crippen LogP contribution in [0.1, 0.15) is 30.2 Å². The maximum atomic E-state index is 3.50. The molecule has 0 aliphatic carbocycles. The summed E-state index contributed by atoms with van der Waals surface area (Å²) in [4.78, 5) is 5.75. The fourth-order valence-electron chi connectivity index (χ4n) is 2.54. The number of aromatic nitrogens is 1. The van der Waals surface area contributed by atoms with Crippen molar-refractivity contribution >= 4 is 10.9 Å². The molecule has 0 atom stereocenters. The van der Waals surface area contributed by atoms with Crippen LogP contribution in [0, 0.1) is 6.92 Å². The van der Waals surface area contributed by atoms with Gasteiger partial charge in [-0.15, -0.1) is 0 Å². The minimum atomic E-state index is 1.11. The van der Waals surface area contributed by atoms with Crippen molar-refractivity contribution in [2.75, 3.05) is 20.6 Å². The molecule has 2 aromatic rings. The maximum absolute atomic E-state index is 3.50. The Balaban J connectivity index is 2.27. The van der Waals surface area contributed by atoms with Gasteiger partial charge in [0.25, 0.3) is 0 Å². The van der Waals surface area contributed by atoms with E-state index < -0.39 is 0 Å². The fraction of sp³-hybridized carbons (Fsp3) is 0.500. The SMILES string of the molecule is CCc1ccc2[nH]c(C)c(CCCN(C)C)c2c1. The van der Waals surface area contributed by atoms with E-state index in [9.17, 15) is 0 Å². The van der Waals surface area contributed by atoms with Crippen molar-refractivity contribution in [2.24, 2.45) is 0 Å². The van der Waals surface area contributed by atoms with E-state index in [1.807, 2.05) is 0 Å². The van der Waals surface area contributed by atoms with Crippen LogP contribution in [0.3, 0.4) is 0 Å². The third-order valence-corrected chi connectivity index (χ3v) is 3.62. The smallest absolute Gasteiger partial charge is 0.0459 e. The summed E-state index contributed by atoms with van der Waals surface area (Å²) in [6, 6.07) is 6.79. The zero-order valence-corrected chi connectivity index (χ0v) is 12.0. The summed E-state index contributed by atoms with van der Waals surface area (Å²) in [6.45, 7) is 5.56. The third kappa shape index (κ3) is 2.75. The number of aromatic amines is 1. The van der Waals surface area contributed by atoms with Gasteiger partial charge in [0.15, 0.2) is 0 Å². The van der Waals surface area contributed by atoms with E-state index in [1.165, 1.54) is 34.1 Å². The summed E-state index contributed by atoms with van der Waals surface area (Å²) in [5.74, 6) is 0. The maximum Gasteiger partial charge on any atom is 0.0459 e. The van der Waals surface area contributed by atoms with Crippen LogP contribution >= 0.6 is 0 Å². The van der Waals surface area contributed by atoms with Crippen LogP contribution in [0.25, 0.3) is 10.9 Å². The monoisotopic (exact) mass is 244 g/mol. The number of rotatable bonds is 5. The van der Waals surface area contributed by atoms with Gasteiger partial charge in [0, 0.05) is 16.6 Å². The lowest BCUT2D eigenvalue weighted by Crippen LogP contribution is -2.13. The minimum Gasteiger partial charge on any atom is -0.358 e. The van der Waals surface area contributed by atoms with Crippen molar-refractivity contribution < 1.29 is 0 Å². The summed E-state index contributed by atoms with van der Waals surface area (Å²) in [5.41, 5.74) is 5.54. The number of benzene rings is 1. The Morgan fingerprint density at radius 2 is 2.00 bits per heavy atom. The molecule has 0 saturated heterocycles. The highest BCUT2D eigenvalue weighted by molar-refractivity contribution is 5.85. The molecular weight excluding hydrogens is 220 g/mol. The van der Waals surface area contributed by atoms with Crippen LogP contribution in [0.2, 0.25) is 0 Å². The van der Waals surface area contributed by atoms with E-state index in [2.05, 4.69) is 56.0 Å². The van der Waals surface area contributed by atoms with Crippen LogP contribution in [-0.4, -0.2) is 30.5 Å². The van der Waals surface area contributed by atoms with E-state index in [1.54, 1.807) is 0 Å². The zero-order valence-electron chi connectivity index (χ0n) is 12.0. The molecule has 1 N–H and O–H groups in total. The van der Waals surface area contributed by atoms with Crippen molar-refractivity contribution in [1.29, 1.82) is 0 Å². The predicted molar refractivity (Wildman–Crippen MR) is 79.3 cm³/mol. The van der Waals surface area contributed by atoms with E-state index in [0.717, 1.165) is 19.4 Å². The number of nitrogens with one attached hydrogen (secondary N) is 1. The molecule has 0 spiro atoms. The van der Waals surface area contributed by atoms with Gasteiger partial charge in [-0.05, 0) is 70.1 Å². The summed E-state index contributed by atoms with van der Waals surface area (Å²) in [7, 11) is 4.27. The van der Waals surface area contributed by atoms with E-state index in [-0.39, 0.29) is 0 Å². The molecule has 0 aliphatic rings. The Kier molecular flexibility index (Phi) is 4.07. The number of nitrogens with zero attached hydrogens (tertiary/aromatic N) is 1. The lowest BCUT2D eigenvalue weighted by molar-refractivity contribution is 0.400. The van der Waals surface area contributed by atoms with Crippen molar-refractivity contribution in [3.63, 3.8) is 0 Å². The van der Waals surface area contributed by atoms with Crippen LogP contribution in [0.15, 0.2) is 18.2 Å². The van der Waals surface area contributed by atoms with Crippen LogP contribution in [0.5, 0.6) is 0 Å². The molecule has 2 rings (SSSR count). The Morgan fingerprint density at radius 3 is 2.67 bits per heavy atom. The Hall–Kier alpha value is -1.28. The minimum absolute atomic E-state index is 1.11. The first-order chi connectivity index (χ1) is 8.61. The van der Waals surface area contributed by atoms with Gasteiger partial charge in [-0.3, -0.25) is 0 Å². The average Bonchev–Trinajstić information content (AvgIpc) is 2.64. The van der Waals surface area contributed by atoms with Gasteiger partial charge in [-0.2, -0.15) is 0 Å². The van der Waals surface area contributed by atoms with Gasteiger partial charge >= 0.3 is 0 Å². The second kappa shape index (κ2) is 5.57. The predicted octanol–water partition coefficient (Wildman–Crippen LogP) is 3.53. The lowest BCUT2D eigenvalue weighted by atomic mass is 10.0. The lowest BCUT2D eigenvalue weighted by Gasteiger charge is -2.09. The Bertz CT molecular complexity index is 523. The van der Waals surface area contributed by atoms with Crippen LogP contribution in [-0.2, 0) is 12.8 Å². The molecule has 1 aromatic carbocycles. The van der Waals surface area contributed by atoms with Gasteiger partial charge in [0.1, 0.15) is 0 Å². The molecule has 0 saturated carbocycles. The molecule has 0 amide bonds. The van der Waals surface area contributed by atoms with E-state index in [0.29, 0.717) is 0 Å². The van der Waals surface area contributed by atoms with Crippen molar-refractivity contribution in [2.45, 2.75) is 33.1 Å². The number of aryl methyl sites for hydroxylation is 3. The molecular formula is C16H24N2. The van der Waals surface area contributed by atoms with Crippen molar-refractivity contribution in [3.05, 3.63) is 35.0 Å². The molecule has 18 heavy (non-hydrogen) atoms. The van der Waals surface area contributed by atoms with Gasteiger partial charge in [0.2, 0.25) is 0 Å². The first kappa shape index (κ1) is 13.2. The summed E-state index contributed by atoms with van der Waals surface area (Å²) < 4.78 is 0. The highest BCUT2D eigenvalue weighted by Gasteiger charge is 2.08.